The van der Waals surface area contributed by atoms with Crippen LogP contribution in [0.5, 0.6) is 5.75 Å². The van der Waals surface area contributed by atoms with Crippen LogP contribution in [0.4, 0.5) is 0 Å². The van der Waals surface area contributed by atoms with Crippen LogP contribution >= 0.6 is 0 Å². The highest BCUT2D eigenvalue weighted by molar-refractivity contribution is 5.29. The zero-order valence-electron chi connectivity index (χ0n) is 13.5. The lowest BCUT2D eigenvalue weighted by molar-refractivity contribution is 0.0572. The lowest BCUT2D eigenvalue weighted by Crippen LogP contribution is -2.42. The number of rotatable bonds is 5. The predicted octanol–water partition coefficient (Wildman–Crippen LogP) is 2.14. The third-order valence-corrected chi connectivity index (χ3v) is 4.17. The number of nitrogens with zero attached hydrogens (tertiary/aromatic N) is 2. The summed E-state index contributed by atoms with van der Waals surface area (Å²) in [6, 6.07) is 8.01. The van der Waals surface area contributed by atoms with Crippen LogP contribution in [-0.2, 0) is 0 Å². The van der Waals surface area contributed by atoms with E-state index in [2.05, 4.69) is 30.8 Å². The Bertz CT molecular complexity index is 421. The van der Waals surface area contributed by atoms with Crippen molar-refractivity contribution < 1.29 is 9.84 Å². The maximum Gasteiger partial charge on any atom is 0.119 e. The summed E-state index contributed by atoms with van der Waals surface area (Å²) in [7, 11) is 4.23. The second kappa shape index (κ2) is 7.78. The van der Waals surface area contributed by atoms with Crippen molar-refractivity contribution in [3.8, 4) is 5.75 Å². The zero-order chi connectivity index (χ0) is 15.2. The third kappa shape index (κ3) is 4.43. The van der Waals surface area contributed by atoms with Gasteiger partial charge in [0.15, 0.2) is 0 Å². The lowest BCUT2D eigenvalue weighted by Gasteiger charge is -2.31. The first-order chi connectivity index (χ1) is 10.1. The molecule has 0 bridgehead atoms. The predicted molar refractivity (Wildman–Crippen MR) is 85.7 cm³/mol. The van der Waals surface area contributed by atoms with Gasteiger partial charge in [-0.3, -0.25) is 4.90 Å². The zero-order valence-corrected chi connectivity index (χ0v) is 13.5. The molecule has 118 valence electrons. The normalized spacial score (nSPS) is 22.8. The standard InChI is InChI=1S/C17H28N2O2/c1-4-12-21-15-8-6-14(7-9-15)17(20)16-13-18(2)10-5-11-19(16)3/h6-9,16-17,20H,4-5,10-13H2,1-3H3. The van der Waals surface area contributed by atoms with E-state index in [-0.39, 0.29) is 6.04 Å². The maximum absolute atomic E-state index is 10.7. The largest absolute Gasteiger partial charge is 0.494 e. The minimum Gasteiger partial charge on any atom is -0.494 e. The van der Waals surface area contributed by atoms with Crippen molar-refractivity contribution in [2.75, 3.05) is 40.3 Å². The van der Waals surface area contributed by atoms with Crippen LogP contribution in [0.25, 0.3) is 0 Å². The second-order valence-electron chi connectivity index (χ2n) is 6.03. The quantitative estimate of drug-likeness (QED) is 0.902. The molecule has 1 aromatic carbocycles. The Labute approximate surface area is 128 Å². The fourth-order valence-electron chi connectivity index (χ4n) is 2.85. The van der Waals surface area contributed by atoms with E-state index in [1.165, 1.54) is 0 Å². The molecular formula is C17H28N2O2. The highest BCUT2D eigenvalue weighted by Crippen LogP contribution is 2.24. The van der Waals surface area contributed by atoms with Gasteiger partial charge in [-0.25, -0.2) is 0 Å². The number of likely N-dealkylation sites (N-methyl/N-ethyl adjacent to an activating group) is 2. The summed E-state index contributed by atoms with van der Waals surface area (Å²) in [6.07, 6.45) is 1.69. The topological polar surface area (TPSA) is 35.9 Å². The van der Waals surface area contributed by atoms with E-state index in [9.17, 15) is 5.11 Å². The van der Waals surface area contributed by atoms with Crippen molar-refractivity contribution in [2.24, 2.45) is 0 Å². The van der Waals surface area contributed by atoms with E-state index in [0.717, 1.165) is 50.4 Å². The van der Waals surface area contributed by atoms with Crippen molar-refractivity contribution in [2.45, 2.75) is 31.9 Å². The lowest BCUT2D eigenvalue weighted by atomic mass is 10.0. The number of aliphatic hydroxyl groups is 1. The van der Waals surface area contributed by atoms with Gasteiger partial charge in [-0.05, 0) is 57.7 Å². The molecule has 1 saturated heterocycles. The van der Waals surface area contributed by atoms with E-state index in [4.69, 9.17) is 4.74 Å². The monoisotopic (exact) mass is 292 g/mol. The van der Waals surface area contributed by atoms with Crippen molar-refractivity contribution in [3.05, 3.63) is 29.8 Å². The average molecular weight is 292 g/mol. The summed E-state index contributed by atoms with van der Waals surface area (Å²) >= 11 is 0. The Morgan fingerprint density at radius 1 is 1.24 bits per heavy atom. The Balaban J connectivity index is 2.05. The molecule has 1 N–H and O–H groups in total. The van der Waals surface area contributed by atoms with Gasteiger partial charge in [-0.2, -0.15) is 0 Å². The van der Waals surface area contributed by atoms with E-state index >= 15 is 0 Å². The van der Waals surface area contributed by atoms with E-state index in [1.807, 2.05) is 24.3 Å². The first kappa shape index (κ1) is 16.3. The molecule has 2 atom stereocenters. The average Bonchev–Trinajstić information content (AvgIpc) is 2.66. The van der Waals surface area contributed by atoms with Crippen molar-refractivity contribution in [1.82, 2.24) is 9.80 Å². The van der Waals surface area contributed by atoms with Crippen LogP contribution in [-0.4, -0.2) is 61.3 Å². The van der Waals surface area contributed by atoms with E-state index in [0.29, 0.717) is 0 Å². The van der Waals surface area contributed by atoms with Gasteiger partial charge in [0, 0.05) is 6.54 Å². The fraction of sp³-hybridized carbons (Fsp3) is 0.647. The van der Waals surface area contributed by atoms with Gasteiger partial charge in [0.1, 0.15) is 5.75 Å². The highest BCUT2D eigenvalue weighted by atomic mass is 16.5. The molecule has 2 rings (SSSR count). The van der Waals surface area contributed by atoms with Gasteiger partial charge >= 0.3 is 0 Å². The molecule has 1 aliphatic heterocycles. The number of hydrogen-bond donors (Lipinski definition) is 1. The molecule has 1 fully saturated rings. The van der Waals surface area contributed by atoms with Gasteiger partial charge in [0.2, 0.25) is 0 Å². The molecule has 1 heterocycles. The third-order valence-electron chi connectivity index (χ3n) is 4.17. The maximum atomic E-state index is 10.7. The second-order valence-corrected chi connectivity index (χ2v) is 6.03. The minimum atomic E-state index is -0.462. The van der Waals surface area contributed by atoms with Gasteiger partial charge < -0.3 is 14.7 Å². The fourth-order valence-corrected chi connectivity index (χ4v) is 2.85. The van der Waals surface area contributed by atoms with Crippen LogP contribution in [0.3, 0.4) is 0 Å². The molecule has 0 saturated carbocycles. The van der Waals surface area contributed by atoms with Gasteiger partial charge in [0.05, 0.1) is 18.8 Å². The molecular weight excluding hydrogens is 264 g/mol. The highest BCUT2D eigenvalue weighted by Gasteiger charge is 2.28. The first-order valence-corrected chi connectivity index (χ1v) is 7.91. The minimum absolute atomic E-state index is 0.139. The molecule has 1 aliphatic rings. The first-order valence-electron chi connectivity index (χ1n) is 7.91. The van der Waals surface area contributed by atoms with Crippen molar-refractivity contribution in [3.63, 3.8) is 0 Å². The summed E-state index contributed by atoms with van der Waals surface area (Å²) in [5.41, 5.74) is 0.964. The Hall–Kier alpha value is -1.10. The van der Waals surface area contributed by atoms with Crippen LogP contribution < -0.4 is 4.74 Å². The smallest absolute Gasteiger partial charge is 0.119 e. The summed E-state index contributed by atoms with van der Waals surface area (Å²) < 4.78 is 5.59. The number of aliphatic hydroxyl groups excluding tert-OH is 1. The molecule has 1 aromatic rings. The molecule has 0 aromatic heterocycles. The van der Waals surface area contributed by atoms with Crippen molar-refractivity contribution in [1.29, 1.82) is 0 Å². The van der Waals surface area contributed by atoms with E-state index < -0.39 is 6.10 Å². The van der Waals surface area contributed by atoms with E-state index in [1.54, 1.807) is 0 Å². The summed E-state index contributed by atoms with van der Waals surface area (Å²) in [4.78, 5) is 4.58. The van der Waals surface area contributed by atoms with Crippen LogP contribution in [0, 0.1) is 0 Å². The van der Waals surface area contributed by atoms with Gasteiger partial charge in [-0.15, -0.1) is 0 Å². The number of hydrogen-bond acceptors (Lipinski definition) is 4. The summed E-state index contributed by atoms with van der Waals surface area (Å²) in [5.74, 6) is 0.874. The molecule has 2 unspecified atom stereocenters. The molecule has 4 heteroatoms. The Morgan fingerprint density at radius 3 is 2.62 bits per heavy atom. The van der Waals surface area contributed by atoms with Gasteiger partial charge in [-0.1, -0.05) is 19.1 Å². The van der Waals surface area contributed by atoms with Crippen LogP contribution in [0.1, 0.15) is 31.4 Å². The van der Waals surface area contributed by atoms with Crippen molar-refractivity contribution >= 4 is 0 Å². The van der Waals surface area contributed by atoms with Gasteiger partial charge in [0.25, 0.3) is 0 Å². The number of ether oxygens (including phenoxy) is 1. The molecule has 0 aliphatic carbocycles. The van der Waals surface area contributed by atoms with Crippen LogP contribution in [0.15, 0.2) is 24.3 Å². The van der Waals surface area contributed by atoms with Crippen LogP contribution in [0.2, 0.25) is 0 Å². The Kier molecular flexibility index (Phi) is 6.03. The molecule has 0 spiro atoms. The molecule has 4 nitrogen and oxygen atoms in total. The Morgan fingerprint density at radius 2 is 1.95 bits per heavy atom. The number of benzene rings is 1. The molecule has 0 amide bonds. The SMILES string of the molecule is CCCOc1ccc(C(O)C2CN(C)CCCN2C)cc1. The summed E-state index contributed by atoms with van der Waals surface area (Å²) in [6.45, 7) is 5.85. The summed E-state index contributed by atoms with van der Waals surface area (Å²) in [5, 5.41) is 10.7. The molecule has 21 heavy (non-hydrogen) atoms. The molecule has 0 radical (unpaired) electrons.